The predicted molar refractivity (Wildman–Crippen MR) is 121 cm³/mol. The highest BCUT2D eigenvalue weighted by Gasteiger charge is 2.34. The van der Waals surface area contributed by atoms with Crippen LogP contribution in [-0.2, 0) is 16.0 Å². The first-order valence-corrected chi connectivity index (χ1v) is 10.2. The van der Waals surface area contributed by atoms with Gasteiger partial charge in [-0.2, -0.15) is 4.99 Å². The van der Waals surface area contributed by atoms with E-state index in [1.165, 1.54) is 0 Å². The summed E-state index contributed by atoms with van der Waals surface area (Å²) in [5.74, 6) is -0.993. The molecule has 0 radical (unpaired) electrons. The van der Waals surface area contributed by atoms with Gasteiger partial charge in [-0.25, -0.2) is 9.69 Å². The fourth-order valence-electron chi connectivity index (χ4n) is 3.87. The van der Waals surface area contributed by atoms with Crippen molar-refractivity contribution in [3.63, 3.8) is 0 Å². The van der Waals surface area contributed by atoms with Crippen LogP contribution >= 0.6 is 0 Å². The standard InChI is InChI=1S/C24H23N5O3/c1-15-5-4-6-19(11-15)26-22(30)14-28-23(31)21(27-24(28)32)13-18-12-16(2)29(17(18)3)20-7-9-25-10-8-20/h4-12H,13-14H2,1-3H3,(H,26,30). The molecule has 3 heterocycles. The van der Waals surface area contributed by atoms with E-state index in [2.05, 4.69) is 19.9 Å². The van der Waals surface area contributed by atoms with E-state index in [9.17, 15) is 14.4 Å². The number of rotatable bonds is 6. The van der Waals surface area contributed by atoms with Crippen LogP contribution in [0.1, 0.15) is 22.5 Å². The van der Waals surface area contributed by atoms with Crippen LogP contribution in [0.4, 0.5) is 10.5 Å². The van der Waals surface area contributed by atoms with E-state index in [-0.39, 0.29) is 18.7 Å². The van der Waals surface area contributed by atoms with Crippen LogP contribution in [0, 0.1) is 20.8 Å². The minimum Gasteiger partial charge on any atom is -0.325 e. The molecule has 0 aliphatic carbocycles. The average Bonchev–Trinajstić information content (AvgIpc) is 3.18. The molecule has 0 unspecified atom stereocenters. The van der Waals surface area contributed by atoms with Gasteiger partial charge in [0, 0.05) is 41.6 Å². The van der Waals surface area contributed by atoms with Crippen molar-refractivity contribution >= 4 is 29.2 Å². The van der Waals surface area contributed by atoms with Crippen molar-refractivity contribution in [3.05, 3.63) is 77.4 Å². The number of pyridine rings is 1. The molecule has 1 N–H and O–H groups in total. The second-order valence-electron chi connectivity index (χ2n) is 7.76. The zero-order chi connectivity index (χ0) is 22.8. The molecule has 1 aromatic carbocycles. The first-order chi connectivity index (χ1) is 15.3. The van der Waals surface area contributed by atoms with Crippen molar-refractivity contribution in [2.45, 2.75) is 27.2 Å². The van der Waals surface area contributed by atoms with E-state index in [0.29, 0.717) is 5.69 Å². The molecule has 162 valence electrons. The van der Waals surface area contributed by atoms with Gasteiger partial charge in [0.15, 0.2) is 0 Å². The Hall–Kier alpha value is -4.07. The zero-order valence-electron chi connectivity index (χ0n) is 18.1. The van der Waals surface area contributed by atoms with Crippen LogP contribution in [0.25, 0.3) is 5.69 Å². The van der Waals surface area contributed by atoms with E-state index in [1.807, 2.05) is 57.2 Å². The maximum Gasteiger partial charge on any atom is 0.351 e. The summed E-state index contributed by atoms with van der Waals surface area (Å²) in [6, 6.07) is 12.4. The highest BCUT2D eigenvalue weighted by molar-refractivity contribution is 6.46. The number of hydrogen-bond acceptors (Lipinski definition) is 4. The molecule has 32 heavy (non-hydrogen) atoms. The second-order valence-corrected chi connectivity index (χ2v) is 7.76. The molecule has 8 heteroatoms. The molecule has 0 fully saturated rings. The summed E-state index contributed by atoms with van der Waals surface area (Å²) in [6.07, 6.45) is 3.65. The van der Waals surface area contributed by atoms with Gasteiger partial charge in [-0.15, -0.1) is 0 Å². The Morgan fingerprint density at radius 1 is 1.03 bits per heavy atom. The van der Waals surface area contributed by atoms with Crippen LogP contribution in [0.3, 0.4) is 0 Å². The molecule has 0 bridgehead atoms. The highest BCUT2D eigenvalue weighted by Crippen LogP contribution is 2.22. The van der Waals surface area contributed by atoms with Gasteiger partial charge in [0.2, 0.25) is 5.91 Å². The number of hydrogen-bond donors (Lipinski definition) is 1. The Morgan fingerprint density at radius 2 is 1.78 bits per heavy atom. The Bertz CT molecular complexity index is 1240. The molecule has 1 aliphatic heterocycles. The van der Waals surface area contributed by atoms with Crippen molar-refractivity contribution in [3.8, 4) is 5.69 Å². The normalized spacial score (nSPS) is 13.5. The molecule has 0 atom stereocenters. The molecular weight excluding hydrogens is 406 g/mol. The van der Waals surface area contributed by atoms with Crippen molar-refractivity contribution in [1.29, 1.82) is 0 Å². The lowest BCUT2D eigenvalue weighted by atomic mass is 10.1. The molecule has 0 saturated heterocycles. The number of aromatic nitrogens is 2. The SMILES string of the molecule is Cc1cccc(NC(=O)CN2C(=O)N=C(Cc3cc(C)n(-c4ccncc4)c3C)C2=O)c1. The minimum absolute atomic E-state index is 0.133. The van der Waals surface area contributed by atoms with Crippen LogP contribution in [0.2, 0.25) is 0 Å². The average molecular weight is 429 g/mol. The number of aliphatic imine (C=N–C) groups is 1. The summed E-state index contributed by atoms with van der Waals surface area (Å²) < 4.78 is 2.06. The van der Waals surface area contributed by atoms with Gasteiger partial charge in [-0.3, -0.25) is 14.6 Å². The third-order valence-electron chi connectivity index (χ3n) is 5.37. The van der Waals surface area contributed by atoms with Crippen LogP contribution in [-0.4, -0.2) is 44.6 Å². The van der Waals surface area contributed by atoms with Gasteiger partial charge >= 0.3 is 6.03 Å². The smallest absolute Gasteiger partial charge is 0.325 e. The van der Waals surface area contributed by atoms with Crippen LogP contribution < -0.4 is 5.32 Å². The van der Waals surface area contributed by atoms with Gasteiger partial charge in [-0.05, 0) is 62.2 Å². The second kappa shape index (κ2) is 8.58. The summed E-state index contributed by atoms with van der Waals surface area (Å²) in [6.45, 7) is 5.46. The number of urea groups is 1. The Labute approximate surface area is 185 Å². The van der Waals surface area contributed by atoms with E-state index in [0.717, 1.165) is 33.1 Å². The van der Waals surface area contributed by atoms with Gasteiger partial charge < -0.3 is 9.88 Å². The molecule has 3 aromatic rings. The Kier molecular flexibility index (Phi) is 5.68. The molecule has 4 rings (SSSR count). The molecule has 0 saturated carbocycles. The topological polar surface area (TPSA) is 96.7 Å². The first-order valence-electron chi connectivity index (χ1n) is 10.2. The molecular formula is C24H23N5O3. The summed E-state index contributed by atoms with van der Waals surface area (Å²) in [5.41, 5.74) is 5.54. The number of nitrogens with zero attached hydrogens (tertiary/aromatic N) is 4. The van der Waals surface area contributed by atoms with E-state index in [1.54, 1.807) is 18.5 Å². The van der Waals surface area contributed by atoms with Crippen molar-refractivity contribution in [2.75, 3.05) is 11.9 Å². The molecule has 2 aromatic heterocycles. The summed E-state index contributed by atoms with van der Waals surface area (Å²) >= 11 is 0. The lowest BCUT2D eigenvalue weighted by molar-refractivity contribution is -0.125. The maximum absolute atomic E-state index is 12.8. The van der Waals surface area contributed by atoms with Crippen molar-refractivity contribution < 1.29 is 14.4 Å². The number of benzene rings is 1. The fraction of sp³-hybridized carbons (Fsp3) is 0.208. The molecule has 0 spiro atoms. The third-order valence-corrected chi connectivity index (χ3v) is 5.37. The Morgan fingerprint density at radius 3 is 2.50 bits per heavy atom. The molecule has 1 aliphatic rings. The van der Waals surface area contributed by atoms with Crippen molar-refractivity contribution in [1.82, 2.24) is 14.5 Å². The predicted octanol–water partition coefficient (Wildman–Crippen LogP) is 3.38. The maximum atomic E-state index is 12.8. The Balaban J connectivity index is 1.46. The fourth-order valence-corrected chi connectivity index (χ4v) is 3.87. The number of carbonyl (C=O) groups is 3. The van der Waals surface area contributed by atoms with Gasteiger partial charge in [0.25, 0.3) is 5.91 Å². The summed E-state index contributed by atoms with van der Waals surface area (Å²) in [7, 11) is 0. The van der Waals surface area contributed by atoms with Gasteiger partial charge in [0.05, 0.1) is 0 Å². The van der Waals surface area contributed by atoms with Crippen LogP contribution in [0.5, 0.6) is 0 Å². The van der Waals surface area contributed by atoms with Crippen molar-refractivity contribution in [2.24, 2.45) is 4.99 Å². The largest absolute Gasteiger partial charge is 0.351 e. The number of imide groups is 1. The van der Waals surface area contributed by atoms with Gasteiger partial charge in [-0.1, -0.05) is 12.1 Å². The van der Waals surface area contributed by atoms with Gasteiger partial charge in [0.1, 0.15) is 12.3 Å². The van der Waals surface area contributed by atoms with E-state index < -0.39 is 17.8 Å². The molecule has 8 nitrogen and oxygen atoms in total. The zero-order valence-corrected chi connectivity index (χ0v) is 18.1. The summed E-state index contributed by atoms with van der Waals surface area (Å²) in [4.78, 5) is 46.4. The quantitative estimate of drug-likeness (QED) is 0.650. The number of nitrogens with one attached hydrogen (secondary N) is 1. The number of amides is 4. The van der Waals surface area contributed by atoms with E-state index in [4.69, 9.17) is 0 Å². The summed E-state index contributed by atoms with van der Waals surface area (Å²) in [5, 5.41) is 2.71. The highest BCUT2D eigenvalue weighted by atomic mass is 16.2. The monoisotopic (exact) mass is 429 g/mol. The number of aryl methyl sites for hydroxylation is 2. The molecule has 4 amide bonds. The minimum atomic E-state index is -0.715. The lowest BCUT2D eigenvalue weighted by Gasteiger charge is -2.13. The van der Waals surface area contributed by atoms with E-state index >= 15 is 0 Å². The van der Waals surface area contributed by atoms with Crippen LogP contribution in [0.15, 0.2) is 59.9 Å². The first kappa shape index (κ1) is 21.2. The number of carbonyl (C=O) groups excluding carboxylic acids is 3. The lowest BCUT2D eigenvalue weighted by Crippen LogP contribution is -2.39. The third kappa shape index (κ3) is 4.20. The number of anilines is 1.